The lowest BCUT2D eigenvalue weighted by atomic mass is 10.2. The molecule has 2 aromatic heterocycles. The van der Waals surface area contributed by atoms with Crippen molar-refractivity contribution in [1.82, 2.24) is 14.6 Å². The van der Waals surface area contributed by atoms with Gasteiger partial charge in [0.15, 0.2) is 5.65 Å². The maximum atomic E-state index is 4.64. The van der Waals surface area contributed by atoms with Crippen LogP contribution in [-0.4, -0.2) is 27.7 Å². The highest BCUT2D eigenvalue weighted by atomic mass is 15.3. The topological polar surface area (TPSA) is 33.4 Å². The summed E-state index contributed by atoms with van der Waals surface area (Å²) in [6, 6.07) is 4.08. The fraction of sp³-hybridized carbons (Fsp3) is 0.600. The Balaban J connectivity index is 0.000000861. The average Bonchev–Trinajstić information content (AvgIpc) is 2.79. The molecule has 4 heteroatoms. The lowest BCUT2D eigenvalue weighted by Crippen LogP contribution is -2.28. The summed E-state index contributed by atoms with van der Waals surface area (Å²) in [7, 11) is 0. The van der Waals surface area contributed by atoms with Gasteiger partial charge in [0.25, 0.3) is 0 Å². The average molecular weight is 262 g/mol. The molecule has 0 aliphatic rings. The molecule has 0 saturated heterocycles. The molecule has 106 valence electrons. The highest BCUT2D eigenvalue weighted by molar-refractivity contribution is 5.46. The van der Waals surface area contributed by atoms with Gasteiger partial charge < -0.3 is 4.90 Å². The molecule has 0 atom stereocenters. The molecular formula is C15H26N4. The summed E-state index contributed by atoms with van der Waals surface area (Å²) in [4.78, 5) is 6.58. The van der Waals surface area contributed by atoms with Gasteiger partial charge >= 0.3 is 0 Å². The molecule has 0 radical (unpaired) electrons. The standard InChI is InChI=1S/C13H20N4.C2H6/c1-5-16(9-10(2)3)13-7-6-12-14-8-11(4)17(12)15-13;1-2/h6-8,10H,5,9H2,1-4H3;1-2H3. The van der Waals surface area contributed by atoms with Gasteiger partial charge in [0, 0.05) is 13.1 Å². The minimum Gasteiger partial charge on any atom is -0.355 e. The fourth-order valence-corrected chi connectivity index (χ4v) is 1.97. The molecule has 0 spiro atoms. The largest absolute Gasteiger partial charge is 0.355 e. The van der Waals surface area contributed by atoms with Gasteiger partial charge in [0.05, 0.1) is 11.9 Å². The van der Waals surface area contributed by atoms with Crippen LogP contribution in [0.5, 0.6) is 0 Å². The molecule has 0 aliphatic carbocycles. The monoisotopic (exact) mass is 262 g/mol. The van der Waals surface area contributed by atoms with E-state index in [1.807, 2.05) is 43.6 Å². The van der Waals surface area contributed by atoms with Crippen LogP contribution in [0.3, 0.4) is 0 Å². The normalized spacial score (nSPS) is 10.5. The lowest BCUT2D eigenvalue weighted by molar-refractivity contribution is 0.610. The summed E-state index contributed by atoms with van der Waals surface area (Å²) in [5.74, 6) is 1.66. The van der Waals surface area contributed by atoms with E-state index in [2.05, 4.69) is 35.8 Å². The molecule has 19 heavy (non-hydrogen) atoms. The summed E-state index contributed by atoms with van der Waals surface area (Å²) in [5, 5.41) is 4.64. The molecular weight excluding hydrogens is 236 g/mol. The van der Waals surface area contributed by atoms with Crippen LogP contribution in [0.1, 0.15) is 40.3 Å². The van der Waals surface area contributed by atoms with Crippen LogP contribution in [0.15, 0.2) is 18.3 Å². The Morgan fingerprint density at radius 1 is 1.26 bits per heavy atom. The highest BCUT2D eigenvalue weighted by Gasteiger charge is 2.09. The molecule has 0 aliphatic heterocycles. The van der Waals surface area contributed by atoms with Crippen LogP contribution in [-0.2, 0) is 0 Å². The molecule has 0 saturated carbocycles. The van der Waals surface area contributed by atoms with Gasteiger partial charge in [0.1, 0.15) is 5.82 Å². The van der Waals surface area contributed by atoms with Gasteiger partial charge in [-0.05, 0) is 31.9 Å². The van der Waals surface area contributed by atoms with Gasteiger partial charge in [0.2, 0.25) is 0 Å². The maximum Gasteiger partial charge on any atom is 0.153 e. The number of aryl methyl sites for hydroxylation is 1. The molecule has 0 N–H and O–H groups in total. The Kier molecular flexibility index (Phi) is 5.80. The molecule has 0 fully saturated rings. The molecule has 2 heterocycles. The maximum absolute atomic E-state index is 4.64. The van der Waals surface area contributed by atoms with Crippen molar-refractivity contribution in [1.29, 1.82) is 0 Å². The Hall–Kier alpha value is -1.58. The molecule has 2 aromatic rings. The van der Waals surface area contributed by atoms with E-state index in [0.717, 1.165) is 30.2 Å². The first-order valence-electron chi connectivity index (χ1n) is 7.18. The smallest absolute Gasteiger partial charge is 0.153 e. The predicted octanol–water partition coefficient (Wildman–Crippen LogP) is 3.55. The van der Waals surface area contributed by atoms with Crippen molar-refractivity contribution in [3.8, 4) is 0 Å². The van der Waals surface area contributed by atoms with Gasteiger partial charge in [-0.2, -0.15) is 0 Å². The van der Waals surface area contributed by atoms with E-state index in [1.165, 1.54) is 0 Å². The Morgan fingerprint density at radius 2 is 1.95 bits per heavy atom. The minimum atomic E-state index is 0.635. The van der Waals surface area contributed by atoms with Crippen LogP contribution in [0.25, 0.3) is 5.65 Å². The molecule has 0 bridgehead atoms. The second-order valence-corrected chi connectivity index (χ2v) is 4.79. The number of nitrogens with zero attached hydrogens (tertiary/aromatic N) is 4. The third-order valence-electron chi connectivity index (χ3n) is 2.81. The first-order valence-corrected chi connectivity index (χ1v) is 7.18. The summed E-state index contributed by atoms with van der Waals surface area (Å²) >= 11 is 0. The zero-order valence-electron chi connectivity index (χ0n) is 13.0. The fourth-order valence-electron chi connectivity index (χ4n) is 1.97. The van der Waals surface area contributed by atoms with Crippen LogP contribution in [0.2, 0.25) is 0 Å². The summed E-state index contributed by atoms with van der Waals surface area (Å²) < 4.78 is 1.90. The van der Waals surface area contributed by atoms with E-state index in [4.69, 9.17) is 0 Å². The van der Waals surface area contributed by atoms with Crippen molar-refractivity contribution in [2.24, 2.45) is 5.92 Å². The zero-order chi connectivity index (χ0) is 14.4. The van der Waals surface area contributed by atoms with E-state index < -0.39 is 0 Å². The number of rotatable bonds is 4. The molecule has 0 unspecified atom stereocenters. The summed E-state index contributed by atoms with van der Waals surface area (Å²) in [6.45, 7) is 14.6. The third kappa shape index (κ3) is 3.69. The van der Waals surface area contributed by atoms with Gasteiger partial charge in [-0.15, -0.1) is 5.10 Å². The summed E-state index contributed by atoms with van der Waals surface area (Å²) in [5.41, 5.74) is 1.98. The predicted molar refractivity (Wildman–Crippen MR) is 81.8 cm³/mol. The number of anilines is 1. The van der Waals surface area contributed by atoms with Crippen LogP contribution < -0.4 is 4.90 Å². The van der Waals surface area contributed by atoms with Crippen molar-refractivity contribution < 1.29 is 0 Å². The van der Waals surface area contributed by atoms with Crippen molar-refractivity contribution in [3.05, 3.63) is 24.0 Å². The lowest BCUT2D eigenvalue weighted by Gasteiger charge is -2.23. The quantitative estimate of drug-likeness (QED) is 0.845. The SMILES string of the molecule is CC.CCN(CC(C)C)c1ccc2ncc(C)n2n1. The van der Waals surface area contributed by atoms with E-state index >= 15 is 0 Å². The molecule has 0 aromatic carbocycles. The van der Waals surface area contributed by atoms with E-state index in [9.17, 15) is 0 Å². The second-order valence-electron chi connectivity index (χ2n) is 4.79. The number of hydrogen-bond donors (Lipinski definition) is 0. The molecule has 4 nitrogen and oxygen atoms in total. The number of fused-ring (bicyclic) bond motifs is 1. The van der Waals surface area contributed by atoms with Crippen molar-refractivity contribution in [3.63, 3.8) is 0 Å². The minimum absolute atomic E-state index is 0.635. The Morgan fingerprint density at radius 3 is 2.53 bits per heavy atom. The Bertz CT molecular complexity index is 502. The van der Waals surface area contributed by atoms with Crippen LogP contribution in [0.4, 0.5) is 5.82 Å². The van der Waals surface area contributed by atoms with Crippen molar-refractivity contribution in [2.45, 2.75) is 41.5 Å². The number of hydrogen-bond acceptors (Lipinski definition) is 3. The van der Waals surface area contributed by atoms with Crippen LogP contribution >= 0.6 is 0 Å². The molecule has 0 amide bonds. The Labute approximate surface area is 116 Å². The van der Waals surface area contributed by atoms with Gasteiger partial charge in [-0.1, -0.05) is 27.7 Å². The van der Waals surface area contributed by atoms with E-state index in [-0.39, 0.29) is 0 Å². The van der Waals surface area contributed by atoms with Crippen LogP contribution in [0, 0.1) is 12.8 Å². The van der Waals surface area contributed by atoms with Gasteiger partial charge in [-0.25, -0.2) is 9.50 Å². The number of imidazole rings is 1. The first kappa shape index (κ1) is 15.5. The zero-order valence-corrected chi connectivity index (χ0v) is 13.0. The second kappa shape index (κ2) is 7.12. The number of aromatic nitrogens is 3. The van der Waals surface area contributed by atoms with Crippen molar-refractivity contribution in [2.75, 3.05) is 18.0 Å². The summed E-state index contributed by atoms with van der Waals surface area (Å²) in [6.07, 6.45) is 1.85. The van der Waals surface area contributed by atoms with E-state index in [0.29, 0.717) is 5.92 Å². The first-order chi connectivity index (χ1) is 9.11. The van der Waals surface area contributed by atoms with E-state index in [1.54, 1.807) is 0 Å². The third-order valence-corrected chi connectivity index (χ3v) is 2.81. The van der Waals surface area contributed by atoms with Crippen molar-refractivity contribution >= 4 is 11.5 Å². The highest BCUT2D eigenvalue weighted by Crippen LogP contribution is 2.14. The molecule has 2 rings (SSSR count). The van der Waals surface area contributed by atoms with Gasteiger partial charge in [-0.3, -0.25) is 0 Å².